The van der Waals surface area contributed by atoms with Gasteiger partial charge in [0.25, 0.3) is 5.69 Å². The van der Waals surface area contributed by atoms with E-state index < -0.39 is 11.0 Å². The molecule has 2 rings (SSSR count). The summed E-state index contributed by atoms with van der Waals surface area (Å²) in [5.41, 5.74) is 0.0447. The van der Waals surface area contributed by atoms with Crippen LogP contribution in [0.4, 0.5) is 16.2 Å². The molecule has 1 aliphatic heterocycles. The molecule has 1 N–H and O–H groups in total. The van der Waals surface area contributed by atoms with Crippen LogP contribution < -0.4 is 5.32 Å². The van der Waals surface area contributed by atoms with Gasteiger partial charge in [0, 0.05) is 38.3 Å². The van der Waals surface area contributed by atoms with Gasteiger partial charge in [0.1, 0.15) is 0 Å². The number of piperazine rings is 1. The maximum atomic E-state index is 12.5. The van der Waals surface area contributed by atoms with Crippen molar-refractivity contribution < 1.29 is 19.2 Å². The molecule has 1 fully saturated rings. The summed E-state index contributed by atoms with van der Waals surface area (Å²) in [4.78, 5) is 38.0. The summed E-state index contributed by atoms with van der Waals surface area (Å²) in [5, 5.41) is 13.7. The quantitative estimate of drug-likeness (QED) is 0.617. The summed E-state index contributed by atoms with van der Waals surface area (Å²) in [6.07, 6.45) is -0.354. The Morgan fingerprint density at radius 2 is 2.00 bits per heavy atom. The Morgan fingerprint density at radius 1 is 1.35 bits per heavy atom. The van der Waals surface area contributed by atoms with Crippen molar-refractivity contribution in [2.45, 2.75) is 19.9 Å². The highest BCUT2D eigenvalue weighted by Crippen LogP contribution is 2.27. The molecule has 1 atom stereocenters. The fraction of sp³-hybridized carbons (Fsp3) is 0.500. The third kappa shape index (κ3) is 4.83. The van der Waals surface area contributed by atoms with Crippen molar-refractivity contribution >= 4 is 35.0 Å². The van der Waals surface area contributed by atoms with E-state index >= 15 is 0 Å². The fourth-order valence-electron chi connectivity index (χ4n) is 2.63. The molecule has 2 amide bonds. The van der Waals surface area contributed by atoms with Crippen molar-refractivity contribution in [1.29, 1.82) is 0 Å². The lowest BCUT2D eigenvalue weighted by Crippen LogP contribution is -2.54. The van der Waals surface area contributed by atoms with Crippen molar-refractivity contribution in [3.63, 3.8) is 0 Å². The van der Waals surface area contributed by atoms with Gasteiger partial charge in [-0.1, -0.05) is 11.6 Å². The number of carbonyl (C=O) groups is 2. The zero-order chi connectivity index (χ0) is 19.3. The van der Waals surface area contributed by atoms with Crippen molar-refractivity contribution in [2.75, 3.05) is 38.1 Å². The van der Waals surface area contributed by atoms with E-state index in [9.17, 15) is 19.7 Å². The Balaban J connectivity index is 1.95. The van der Waals surface area contributed by atoms with E-state index in [1.165, 1.54) is 18.2 Å². The largest absolute Gasteiger partial charge is 0.450 e. The lowest BCUT2D eigenvalue weighted by atomic mass is 10.2. The average molecular weight is 385 g/mol. The predicted molar refractivity (Wildman–Crippen MR) is 96.4 cm³/mol. The Labute approximate surface area is 156 Å². The summed E-state index contributed by atoms with van der Waals surface area (Å²) in [6.45, 7) is 5.79. The van der Waals surface area contributed by atoms with Crippen LogP contribution in [0, 0.1) is 10.1 Å². The Bertz CT molecular complexity index is 691. The van der Waals surface area contributed by atoms with E-state index in [0.717, 1.165) is 0 Å². The first-order valence-electron chi connectivity index (χ1n) is 8.24. The number of hydrogen-bond acceptors (Lipinski definition) is 6. The molecular formula is C16H21ClN4O5. The summed E-state index contributed by atoms with van der Waals surface area (Å²) >= 11 is 6.01. The second-order valence-corrected chi connectivity index (χ2v) is 6.22. The van der Waals surface area contributed by atoms with Crippen LogP contribution in [0.1, 0.15) is 13.8 Å². The second-order valence-electron chi connectivity index (χ2n) is 5.81. The first-order valence-corrected chi connectivity index (χ1v) is 8.61. The number of non-ortho nitro benzene ring substituents is 1. The first kappa shape index (κ1) is 19.9. The van der Waals surface area contributed by atoms with Crippen LogP contribution in [0.25, 0.3) is 0 Å². The Morgan fingerprint density at radius 3 is 2.58 bits per heavy atom. The average Bonchev–Trinajstić information content (AvgIpc) is 2.63. The van der Waals surface area contributed by atoms with E-state index in [1.807, 2.05) is 4.90 Å². The highest BCUT2D eigenvalue weighted by molar-refractivity contribution is 6.33. The van der Waals surface area contributed by atoms with Crippen LogP contribution in [0.15, 0.2) is 18.2 Å². The van der Waals surface area contributed by atoms with E-state index in [-0.39, 0.29) is 28.4 Å². The molecule has 142 valence electrons. The SMILES string of the molecule is CCOC(=O)N1CCN([C@@H](C)C(=O)Nc2cc([N+](=O)[O-])ccc2Cl)CC1. The molecule has 1 aromatic rings. The number of carbonyl (C=O) groups excluding carboxylic acids is 2. The van der Waals surface area contributed by atoms with Gasteiger partial charge in [-0.25, -0.2) is 4.79 Å². The molecule has 1 heterocycles. The molecule has 0 radical (unpaired) electrons. The van der Waals surface area contributed by atoms with Crippen molar-refractivity contribution in [3.8, 4) is 0 Å². The number of rotatable bonds is 5. The number of nitrogens with one attached hydrogen (secondary N) is 1. The smallest absolute Gasteiger partial charge is 0.409 e. The number of anilines is 1. The molecule has 9 nitrogen and oxygen atoms in total. The van der Waals surface area contributed by atoms with Gasteiger partial charge in [-0.2, -0.15) is 0 Å². The molecule has 1 aromatic carbocycles. The summed E-state index contributed by atoms with van der Waals surface area (Å²) < 4.78 is 4.97. The van der Waals surface area contributed by atoms with Crippen molar-refractivity contribution in [1.82, 2.24) is 9.80 Å². The number of nitrogens with zero attached hydrogens (tertiary/aromatic N) is 3. The zero-order valence-electron chi connectivity index (χ0n) is 14.6. The topological polar surface area (TPSA) is 105 Å². The minimum Gasteiger partial charge on any atom is -0.450 e. The van der Waals surface area contributed by atoms with Crippen molar-refractivity contribution in [2.24, 2.45) is 0 Å². The van der Waals surface area contributed by atoms with E-state index in [0.29, 0.717) is 32.8 Å². The molecule has 0 aromatic heterocycles. The number of benzene rings is 1. The molecule has 26 heavy (non-hydrogen) atoms. The Kier molecular flexibility index (Phi) is 6.76. The van der Waals surface area contributed by atoms with Gasteiger partial charge in [-0.3, -0.25) is 19.8 Å². The third-order valence-corrected chi connectivity index (χ3v) is 4.52. The Hall–Kier alpha value is -2.39. The van der Waals surface area contributed by atoms with E-state index in [4.69, 9.17) is 16.3 Å². The maximum Gasteiger partial charge on any atom is 0.409 e. The third-order valence-electron chi connectivity index (χ3n) is 4.19. The normalized spacial score (nSPS) is 16.0. The molecule has 0 bridgehead atoms. The maximum absolute atomic E-state index is 12.5. The van der Waals surface area contributed by atoms with Gasteiger partial charge in [0.2, 0.25) is 5.91 Å². The van der Waals surface area contributed by atoms with E-state index in [1.54, 1.807) is 18.7 Å². The van der Waals surface area contributed by atoms with E-state index in [2.05, 4.69) is 5.32 Å². The minimum absolute atomic E-state index is 0.152. The number of nitro benzene ring substituents is 1. The van der Waals surface area contributed by atoms with Gasteiger partial charge in [-0.05, 0) is 19.9 Å². The lowest BCUT2D eigenvalue weighted by Gasteiger charge is -2.36. The van der Waals surface area contributed by atoms with Crippen LogP contribution in [-0.2, 0) is 9.53 Å². The van der Waals surface area contributed by atoms with Gasteiger partial charge >= 0.3 is 6.09 Å². The molecular weight excluding hydrogens is 364 g/mol. The summed E-state index contributed by atoms with van der Waals surface area (Å²) in [5.74, 6) is -0.322. The highest BCUT2D eigenvalue weighted by atomic mass is 35.5. The zero-order valence-corrected chi connectivity index (χ0v) is 15.4. The van der Waals surface area contributed by atoms with Gasteiger partial charge < -0.3 is 15.0 Å². The van der Waals surface area contributed by atoms with Crippen LogP contribution >= 0.6 is 11.6 Å². The number of halogens is 1. The molecule has 0 spiro atoms. The van der Waals surface area contributed by atoms with Gasteiger partial charge in [0.05, 0.1) is 28.3 Å². The predicted octanol–water partition coefficient (Wildman–Crippen LogP) is 2.35. The second kappa shape index (κ2) is 8.81. The van der Waals surface area contributed by atoms with Gasteiger partial charge in [0.15, 0.2) is 0 Å². The standard InChI is InChI=1S/C16H21ClN4O5/c1-3-26-16(23)20-8-6-19(7-9-20)11(2)15(22)18-14-10-12(21(24)25)4-5-13(14)17/h4-5,10-11H,3,6-9H2,1-2H3,(H,18,22)/t11-/m0/s1. The molecule has 0 saturated carbocycles. The molecule has 1 saturated heterocycles. The minimum atomic E-state index is -0.552. The first-order chi connectivity index (χ1) is 12.3. The fourth-order valence-corrected chi connectivity index (χ4v) is 2.80. The number of amides is 2. The van der Waals surface area contributed by atoms with Crippen molar-refractivity contribution in [3.05, 3.63) is 33.3 Å². The van der Waals surface area contributed by atoms with Gasteiger partial charge in [-0.15, -0.1) is 0 Å². The monoisotopic (exact) mass is 384 g/mol. The van der Waals surface area contributed by atoms with Crippen LogP contribution in [0.2, 0.25) is 5.02 Å². The van der Waals surface area contributed by atoms with Crippen LogP contribution in [-0.4, -0.2) is 65.6 Å². The molecule has 10 heteroatoms. The molecule has 1 aliphatic rings. The molecule has 0 aliphatic carbocycles. The lowest BCUT2D eigenvalue weighted by molar-refractivity contribution is -0.384. The summed E-state index contributed by atoms with van der Waals surface area (Å²) in [6, 6.07) is 3.40. The number of nitro groups is 1. The molecule has 0 unspecified atom stereocenters. The number of hydrogen-bond donors (Lipinski definition) is 1. The highest BCUT2D eigenvalue weighted by Gasteiger charge is 2.28. The number of ether oxygens (including phenoxy) is 1. The van der Waals surface area contributed by atoms with Crippen LogP contribution in [0.5, 0.6) is 0 Å². The summed E-state index contributed by atoms with van der Waals surface area (Å²) in [7, 11) is 0. The van der Waals surface area contributed by atoms with Crippen LogP contribution in [0.3, 0.4) is 0 Å².